The molecule has 24 heavy (non-hydrogen) atoms. The number of hydrogen-bond donors (Lipinski definition) is 1. The summed E-state index contributed by atoms with van der Waals surface area (Å²) >= 11 is 11.4. The molecule has 2 atom stereocenters. The molecule has 0 aliphatic heterocycles. The lowest BCUT2D eigenvalue weighted by molar-refractivity contribution is -0.147. The zero-order chi connectivity index (χ0) is 18.3. The molecule has 1 aromatic rings. The molecule has 0 aliphatic rings. The molecule has 0 saturated heterocycles. The molecule has 0 radical (unpaired) electrons. The van der Waals surface area contributed by atoms with Gasteiger partial charge >= 0.3 is 5.97 Å². The molecule has 0 spiro atoms. The number of methoxy groups -OCH3 is 1. The van der Waals surface area contributed by atoms with Gasteiger partial charge in [-0.2, -0.15) is 5.10 Å². The van der Waals surface area contributed by atoms with Crippen molar-refractivity contribution in [1.29, 1.82) is 0 Å². The normalized spacial score (nSPS) is 14.9. The lowest BCUT2D eigenvalue weighted by Gasteiger charge is -2.28. The second-order valence-electron chi connectivity index (χ2n) is 5.42. The number of aromatic nitrogens is 2. The highest BCUT2D eigenvalue weighted by molar-refractivity contribution is 7.84. The van der Waals surface area contributed by atoms with E-state index in [1.807, 2.05) is 0 Å². The first kappa shape index (κ1) is 20.9. The maximum Gasteiger partial charge on any atom is 0.331 e. The van der Waals surface area contributed by atoms with Gasteiger partial charge in [-0.25, -0.2) is 4.79 Å². The summed E-state index contributed by atoms with van der Waals surface area (Å²) in [5.41, 5.74) is -1.000. The van der Waals surface area contributed by atoms with Crippen molar-refractivity contribution in [2.75, 3.05) is 19.1 Å². The molecule has 0 aliphatic carbocycles. The summed E-state index contributed by atoms with van der Waals surface area (Å²) < 4.78 is 17.4. The molecule has 136 valence electrons. The third-order valence-electron chi connectivity index (χ3n) is 3.43. The van der Waals surface area contributed by atoms with Crippen LogP contribution in [0.2, 0.25) is 0 Å². The number of halogens is 2. The van der Waals surface area contributed by atoms with E-state index < -0.39 is 33.1 Å². The Balaban J connectivity index is 2.90. The lowest BCUT2D eigenvalue weighted by Crippen LogP contribution is -2.53. The van der Waals surface area contributed by atoms with Crippen LogP contribution in [0, 0.1) is 0 Å². The average Bonchev–Trinajstić information content (AvgIpc) is 2.98. The van der Waals surface area contributed by atoms with Gasteiger partial charge in [0.2, 0.25) is 0 Å². The number of amides is 1. The Bertz CT molecular complexity index is 609. The number of ether oxygens (including phenoxy) is 1. The monoisotopic (exact) mass is 397 g/mol. The first-order chi connectivity index (χ1) is 11.2. The van der Waals surface area contributed by atoms with Gasteiger partial charge in [0.05, 0.1) is 13.7 Å². The molecule has 1 heterocycles. The second kappa shape index (κ2) is 9.39. The van der Waals surface area contributed by atoms with Crippen LogP contribution in [0.15, 0.2) is 12.3 Å². The molecule has 0 fully saturated rings. The van der Waals surface area contributed by atoms with Crippen LogP contribution in [0.4, 0.5) is 0 Å². The van der Waals surface area contributed by atoms with Gasteiger partial charge in [-0.3, -0.25) is 13.7 Å². The van der Waals surface area contributed by atoms with Crippen LogP contribution in [-0.2, 0) is 26.9 Å². The Morgan fingerprint density at radius 3 is 2.71 bits per heavy atom. The van der Waals surface area contributed by atoms with Gasteiger partial charge in [-0.1, -0.05) is 0 Å². The van der Waals surface area contributed by atoms with Gasteiger partial charge in [-0.15, -0.1) is 23.2 Å². The fraction of sp³-hybridized carbons (Fsp3) is 0.643. The largest absolute Gasteiger partial charge is 0.467 e. The number of carbonyl (C=O) groups excluding carboxylic acids is 2. The number of alkyl halides is 2. The Morgan fingerprint density at radius 2 is 2.17 bits per heavy atom. The molecule has 10 heteroatoms. The smallest absolute Gasteiger partial charge is 0.331 e. The minimum absolute atomic E-state index is 0.218. The van der Waals surface area contributed by atoms with Gasteiger partial charge in [0.25, 0.3) is 5.91 Å². The van der Waals surface area contributed by atoms with Gasteiger partial charge in [0, 0.05) is 29.0 Å². The lowest BCUT2D eigenvalue weighted by atomic mass is 9.96. The summed E-state index contributed by atoms with van der Waals surface area (Å²) in [6.45, 7) is 1.88. The predicted octanol–water partition coefficient (Wildman–Crippen LogP) is 1.51. The molecule has 1 amide bonds. The SMILES string of the molecule is COC(=O)[C@](C)(CCC(Cl)Cl)NC(=O)c1ccnn1CCS(C)=O. The van der Waals surface area contributed by atoms with Crippen molar-refractivity contribution >= 4 is 45.9 Å². The van der Waals surface area contributed by atoms with Crippen molar-refractivity contribution in [2.24, 2.45) is 0 Å². The first-order valence-electron chi connectivity index (χ1n) is 7.20. The molecule has 7 nitrogen and oxygen atoms in total. The quantitative estimate of drug-likeness (QED) is 0.503. The molecule has 0 saturated carbocycles. The molecular weight excluding hydrogens is 377 g/mol. The van der Waals surface area contributed by atoms with E-state index in [-0.39, 0.29) is 12.1 Å². The van der Waals surface area contributed by atoms with Gasteiger partial charge in [-0.05, 0) is 25.8 Å². The maximum atomic E-state index is 12.5. The zero-order valence-corrected chi connectivity index (χ0v) is 16.1. The van der Waals surface area contributed by atoms with Crippen LogP contribution >= 0.6 is 23.2 Å². The highest BCUT2D eigenvalue weighted by Gasteiger charge is 2.37. The Hall–Kier alpha value is -1.12. The number of aryl methyl sites for hydroxylation is 1. The number of rotatable bonds is 9. The van der Waals surface area contributed by atoms with E-state index in [0.29, 0.717) is 18.7 Å². The van der Waals surface area contributed by atoms with Crippen LogP contribution in [0.3, 0.4) is 0 Å². The summed E-state index contributed by atoms with van der Waals surface area (Å²) in [5, 5.41) is 6.70. The molecular formula is C14H21Cl2N3O4S. The van der Waals surface area contributed by atoms with Crippen molar-refractivity contribution in [1.82, 2.24) is 15.1 Å². The van der Waals surface area contributed by atoms with E-state index >= 15 is 0 Å². The van der Waals surface area contributed by atoms with E-state index in [4.69, 9.17) is 27.9 Å². The van der Waals surface area contributed by atoms with E-state index in [0.717, 1.165) is 0 Å². The molecule has 0 bridgehead atoms. The molecule has 0 aromatic carbocycles. The third kappa shape index (κ3) is 6.07. The van der Waals surface area contributed by atoms with Gasteiger partial charge < -0.3 is 10.1 Å². The standard InChI is InChI=1S/C14H21Cl2N3O4S/c1-14(13(21)23-2,6-4-11(15)16)18-12(20)10-5-7-17-19(10)8-9-24(3)22/h5,7,11H,4,6,8-9H2,1-3H3,(H,18,20)/t14-,24?/m0/s1. The Kier molecular flexibility index (Phi) is 8.18. The summed E-state index contributed by atoms with van der Waals surface area (Å²) in [7, 11) is 0.239. The molecule has 1 N–H and O–H groups in total. The van der Waals surface area contributed by atoms with Gasteiger partial charge in [0.1, 0.15) is 16.1 Å². The van der Waals surface area contributed by atoms with Crippen LogP contribution in [0.1, 0.15) is 30.3 Å². The first-order valence-corrected chi connectivity index (χ1v) is 9.80. The highest BCUT2D eigenvalue weighted by Crippen LogP contribution is 2.20. The number of esters is 1. The van der Waals surface area contributed by atoms with Crippen molar-refractivity contribution in [3.05, 3.63) is 18.0 Å². The predicted molar refractivity (Wildman–Crippen MR) is 93.8 cm³/mol. The summed E-state index contributed by atoms with van der Waals surface area (Å²) in [4.78, 5) is 23.9. The van der Waals surface area contributed by atoms with Crippen molar-refractivity contribution in [3.63, 3.8) is 0 Å². The number of nitrogens with zero attached hydrogens (tertiary/aromatic N) is 2. The number of carbonyl (C=O) groups is 2. The zero-order valence-electron chi connectivity index (χ0n) is 13.8. The fourth-order valence-electron chi connectivity index (χ4n) is 2.07. The van der Waals surface area contributed by atoms with Crippen molar-refractivity contribution in [3.8, 4) is 0 Å². The van der Waals surface area contributed by atoms with E-state index in [1.54, 1.807) is 13.2 Å². The highest BCUT2D eigenvalue weighted by atomic mass is 35.5. The van der Waals surface area contributed by atoms with Crippen LogP contribution in [0.25, 0.3) is 0 Å². The minimum Gasteiger partial charge on any atom is -0.467 e. The van der Waals surface area contributed by atoms with Gasteiger partial charge in [0.15, 0.2) is 0 Å². The van der Waals surface area contributed by atoms with E-state index in [2.05, 4.69) is 10.4 Å². The van der Waals surface area contributed by atoms with Crippen molar-refractivity contribution in [2.45, 2.75) is 36.7 Å². The van der Waals surface area contributed by atoms with Crippen LogP contribution < -0.4 is 5.32 Å². The minimum atomic E-state index is -1.27. The molecule has 1 rings (SSSR count). The number of hydrogen-bond acceptors (Lipinski definition) is 5. The average molecular weight is 398 g/mol. The summed E-state index contributed by atoms with van der Waals surface area (Å²) in [6, 6.07) is 1.53. The van der Waals surface area contributed by atoms with E-state index in [9.17, 15) is 13.8 Å². The Labute approximate surface area is 153 Å². The number of nitrogens with one attached hydrogen (secondary N) is 1. The Morgan fingerprint density at radius 1 is 1.50 bits per heavy atom. The second-order valence-corrected chi connectivity index (χ2v) is 8.26. The van der Waals surface area contributed by atoms with E-state index in [1.165, 1.54) is 24.1 Å². The fourth-order valence-corrected chi connectivity index (χ4v) is 2.72. The van der Waals surface area contributed by atoms with Crippen LogP contribution in [-0.4, -0.2) is 55.4 Å². The summed E-state index contributed by atoms with van der Waals surface area (Å²) in [6.07, 6.45) is 3.57. The third-order valence-corrected chi connectivity index (χ3v) is 4.62. The van der Waals surface area contributed by atoms with Crippen molar-refractivity contribution < 1.29 is 18.5 Å². The summed E-state index contributed by atoms with van der Waals surface area (Å²) in [5.74, 6) is -0.704. The molecule has 1 aromatic heterocycles. The molecule has 1 unspecified atom stereocenters. The maximum absolute atomic E-state index is 12.5. The topological polar surface area (TPSA) is 90.3 Å². The van der Waals surface area contributed by atoms with Crippen LogP contribution in [0.5, 0.6) is 0 Å².